The van der Waals surface area contributed by atoms with Crippen LogP contribution >= 0.6 is 0 Å². The summed E-state index contributed by atoms with van der Waals surface area (Å²) in [5.74, 6) is -0.460. The Morgan fingerprint density at radius 1 is 1.21 bits per heavy atom. The van der Waals surface area contributed by atoms with Crippen molar-refractivity contribution in [2.24, 2.45) is 0 Å². The molecule has 0 aliphatic heterocycles. The maximum Gasteiger partial charge on any atom is 0.416 e. The standard InChI is InChI=1S/C19H19F3N2O4/c1-2-16(18(26)13-6-8-14(9-7-13)19(20,21)22)23-17(25)11-12-4-3-5-15(10-12)24(27)28/h3-10,16,18,26H,2,11H2,1H3,(H,23,25). The van der Waals surface area contributed by atoms with Crippen LogP contribution in [0.3, 0.4) is 0 Å². The zero-order valence-corrected chi connectivity index (χ0v) is 14.9. The minimum Gasteiger partial charge on any atom is -0.386 e. The molecule has 2 aromatic carbocycles. The lowest BCUT2D eigenvalue weighted by Crippen LogP contribution is -2.39. The SMILES string of the molecule is CCC(NC(=O)Cc1cccc([N+](=O)[O-])c1)C(O)c1ccc(C(F)(F)F)cc1. The molecule has 2 atom stereocenters. The van der Waals surface area contributed by atoms with Gasteiger partial charge in [0.05, 0.1) is 29.1 Å². The van der Waals surface area contributed by atoms with Crippen molar-refractivity contribution in [2.75, 3.05) is 0 Å². The molecule has 0 saturated carbocycles. The van der Waals surface area contributed by atoms with Gasteiger partial charge in [0.15, 0.2) is 0 Å². The fraction of sp³-hybridized carbons (Fsp3) is 0.316. The van der Waals surface area contributed by atoms with Crippen molar-refractivity contribution in [3.8, 4) is 0 Å². The van der Waals surface area contributed by atoms with E-state index in [0.29, 0.717) is 12.0 Å². The number of aliphatic hydroxyl groups is 1. The first-order chi connectivity index (χ1) is 13.1. The fourth-order valence-electron chi connectivity index (χ4n) is 2.73. The van der Waals surface area contributed by atoms with E-state index < -0.39 is 34.7 Å². The van der Waals surface area contributed by atoms with E-state index >= 15 is 0 Å². The minimum absolute atomic E-state index is 0.127. The van der Waals surface area contributed by atoms with Crippen LogP contribution in [-0.4, -0.2) is 22.0 Å². The highest BCUT2D eigenvalue weighted by Crippen LogP contribution is 2.30. The summed E-state index contributed by atoms with van der Waals surface area (Å²) < 4.78 is 37.9. The molecule has 0 spiro atoms. The summed E-state index contributed by atoms with van der Waals surface area (Å²) in [6.07, 6.45) is -5.46. The summed E-state index contributed by atoms with van der Waals surface area (Å²) in [5.41, 5.74) is -0.283. The van der Waals surface area contributed by atoms with Crippen LogP contribution < -0.4 is 5.32 Å². The molecular formula is C19H19F3N2O4. The van der Waals surface area contributed by atoms with E-state index in [1.165, 1.54) is 30.3 Å². The normalized spacial score (nSPS) is 13.6. The highest BCUT2D eigenvalue weighted by Gasteiger charge is 2.30. The van der Waals surface area contributed by atoms with E-state index in [4.69, 9.17) is 0 Å². The topological polar surface area (TPSA) is 92.5 Å². The van der Waals surface area contributed by atoms with E-state index in [-0.39, 0.29) is 17.7 Å². The van der Waals surface area contributed by atoms with Crippen LogP contribution in [0.1, 0.15) is 36.1 Å². The van der Waals surface area contributed by atoms with Crippen molar-refractivity contribution in [1.82, 2.24) is 5.32 Å². The van der Waals surface area contributed by atoms with Crippen molar-refractivity contribution in [2.45, 2.75) is 38.1 Å². The van der Waals surface area contributed by atoms with Gasteiger partial charge in [-0.15, -0.1) is 0 Å². The van der Waals surface area contributed by atoms with Gasteiger partial charge in [-0.2, -0.15) is 13.2 Å². The number of hydrogen-bond acceptors (Lipinski definition) is 4. The predicted molar refractivity (Wildman–Crippen MR) is 95.4 cm³/mol. The van der Waals surface area contributed by atoms with Gasteiger partial charge in [-0.1, -0.05) is 31.2 Å². The first kappa shape index (κ1) is 21.4. The molecule has 0 aliphatic rings. The zero-order valence-electron chi connectivity index (χ0n) is 14.9. The molecule has 150 valence electrons. The number of benzene rings is 2. The van der Waals surface area contributed by atoms with Crippen LogP contribution in [0.2, 0.25) is 0 Å². The lowest BCUT2D eigenvalue weighted by Gasteiger charge is -2.23. The van der Waals surface area contributed by atoms with Crippen molar-refractivity contribution < 1.29 is 28.0 Å². The fourth-order valence-corrected chi connectivity index (χ4v) is 2.73. The van der Waals surface area contributed by atoms with Crippen LogP contribution in [0, 0.1) is 10.1 Å². The molecule has 0 aromatic heterocycles. The molecule has 6 nitrogen and oxygen atoms in total. The summed E-state index contributed by atoms with van der Waals surface area (Å²) in [6.45, 7) is 1.71. The second-order valence-corrected chi connectivity index (χ2v) is 6.25. The van der Waals surface area contributed by atoms with Crippen molar-refractivity contribution in [3.63, 3.8) is 0 Å². The van der Waals surface area contributed by atoms with Crippen molar-refractivity contribution in [3.05, 3.63) is 75.3 Å². The summed E-state index contributed by atoms with van der Waals surface area (Å²) in [5, 5.41) is 23.8. The second-order valence-electron chi connectivity index (χ2n) is 6.25. The molecule has 2 rings (SSSR count). The number of rotatable bonds is 7. The Bertz CT molecular complexity index is 838. The zero-order chi connectivity index (χ0) is 20.9. The minimum atomic E-state index is -4.47. The van der Waals surface area contributed by atoms with E-state index in [9.17, 15) is 33.2 Å². The Labute approximate surface area is 159 Å². The third-order valence-corrected chi connectivity index (χ3v) is 4.23. The molecule has 0 saturated heterocycles. The van der Waals surface area contributed by atoms with E-state index in [1.807, 2.05) is 0 Å². The molecule has 0 radical (unpaired) electrons. The largest absolute Gasteiger partial charge is 0.416 e. The Balaban J connectivity index is 2.05. The van der Waals surface area contributed by atoms with E-state index in [0.717, 1.165) is 12.1 Å². The van der Waals surface area contributed by atoms with Crippen LogP contribution in [0.15, 0.2) is 48.5 Å². The average molecular weight is 396 g/mol. The molecule has 0 aliphatic carbocycles. The predicted octanol–water partition coefficient (Wildman–Crippen LogP) is 3.78. The first-order valence-electron chi connectivity index (χ1n) is 8.49. The highest BCUT2D eigenvalue weighted by atomic mass is 19.4. The molecule has 2 unspecified atom stereocenters. The van der Waals surface area contributed by atoms with Gasteiger partial charge in [-0.05, 0) is 29.7 Å². The van der Waals surface area contributed by atoms with Gasteiger partial charge in [-0.3, -0.25) is 14.9 Å². The number of nitro groups is 1. The smallest absolute Gasteiger partial charge is 0.386 e. The molecule has 0 heterocycles. The number of nitro benzene ring substituents is 1. The number of non-ortho nitro benzene ring substituents is 1. The lowest BCUT2D eigenvalue weighted by molar-refractivity contribution is -0.384. The summed E-state index contributed by atoms with van der Waals surface area (Å²) in [4.78, 5) is 22.5. The molecule has 9 heteroatoms. The lowest BCUT2D eigenvalue weighted by atomic mass is 9.98. The van der Waals surface area contributed by atoms with Crippen LogP contribution in [0.5, 0.6) is 0 Å². The molecular weight excluding hydrogens is 377 g/mol. The number of aliphatic hydroxyl groups excluding tert-OH is 1. The van der Waals surface area contributed by atoms with E-state index in [2.05, 4.69) is 5.32 Å². The summed E-state index contributed by atoms with van der Waals surface area (Å²) in [6, 6.07) is 8.99. The van der Waals surface area contributed by atoms with Gasteiger partial charge in [0.25, 0.3) is 5.69 Å². The summed E-state index contributed by atoms with van der Waals surface area (Å²) in [7, 11) is 0. The number of halogens is 3. The van der Waals surface area contributed by atoms with Gasteiger partial charge < -0.3 is 10.4 Å². The van der Waals surface area contributed by atoms with Crippen LogP contribution in [0.4, 0.5) is 18.9 Å². The average Bonchev–Trinajstić information content (AvgIpc) is 2.65. The number of nitrogens with zero attached hydrogens (tertiary/aromatic N) is 1. The quantitative estimate of drug-likeness (QED) is 0.550. The summed E-state index contributed by atoms with van der Waals surface area (Å²) >= 11 is 0. The second kappa shape index (κ2) is 8.83. The van der Waals surface area contributed by atoms with Gasteiger partial charge >= 0.3 is 6.18 Å². The number of alkyl halides is 3. The third-order valence-electron chi connectivity index (χ3n) is 4.23. The number of hydrogen-bond donors (Lipinski definition) is 2. The van der Waals surface area contributed by atoms with Gasteiger partial charge in [0.2, 0.25) is 5.91 Å². The number of carbonyl (C=O) groups is 1. The van der Waals surface area contributed by atoms with Gasteiger partial charge in [0.1, 0.15) is 0 Å². The molecule has 0 fully saturated rings. The Morgan fingerprint density at radius 3 is 2.39 bits per heavy atom. The molecule has 0 bridgehead atoms. The molecule has 2 aromatic rings. The molecule has 2 N–H and O–H groups in total. The number of nitrogens with one attached hydrogen (secondary N) is 1. The maximum absolute atomic E-state index is 12.6. The Kier molecular flexibility index (Phi) is 6.74. The van der Waals surface area contributed by atoms with Gasteiger partial charge in [0, 0.05) is 12.1 Å². The van der Waals surface area contributed by atoms with Crippen LogP contribution in [0.25, 0.3) is 0 Å². The third kappa shape index (κ3) is 5.53. The van der Waals surface area contributed by atoms with Crippen LogP contribution in [-0.2, 0) is 17.4 Å². The Morgan fingerprint density at radius 2 is 1.86 bits per heavy atom. The maximum atomic E-state index is 12.6. The van der Waals surface area contributed by atoms with E-state index in [1.54, 1.807) is 13.0 Å². The number of carbonyl (C=O) groups excluding carboxylic acids is 1. The first-order valence-corrected chi connectivity index (χ1v) is 8.49. The molecule has 1 amide bonds. The van der Waals surface area contributed by atoms with Gasteiger partial charge in [-0.25, -0.2) is 0 Å². The number of amides is 1. The monoisotopic (exact) mass is 396 g/mol. The van der Waals surface area contributed by atoms with Crippen molar-refractivity contribution >= 4 is 11.6 Å². The highest BCUT2D eigenvalue weighted by molar-refractivity contribution is 5.79. The van der Waals surface area contributed by atoms with Crippen molar-refractivity contribution in [1.29, 1.82) is 0 Å². The Hall–Kier alpha value is -2.94. The molecule has 28 heavy (non-hydrogen) atoms.